The van der Waals surface area contributed by atoms with Gasteiger partial charge in [0.15, 0.2) is 11.5 Å². The minimum Gasteiger partial charge on any atom is -0.493 e. The van der Waals surface area contributed by atoms with E-state index in [-0.39, 0.29) is 24.9 Å². The van der Waals surface area contributed by atoms with Crippen LogP contribution in [0.15, 0.2) is 59.2 Å². The molecule has 2 amide bonds. The average Bonchev–Trinajstić information content (AvgIpc) is 3.39. The molecule has 2 heterocycles. The van der Waals surface area contributed by atoms with Gasteiger partial charge in [-0.3, -0.25) is 14.5 Å². The molecule has 1 aliphatic rings. The first-order valence-corrected chi connectivity index (χ1v) is 11.1. The number of hydrogen-bond donors (Lipinski definition) is 1. The smallest absolute Gasteiger partial charge is 0.253 e. The van der Waals surface area contributed by atoms with Crippen LogP contribution in [0.25, 0.3) is 0 Å². The molecule has 1 aliphatic heterocycles. The zero-order valence-electron chi connectivity index (χ0n) is 19.7. The molecular weight excluding hydrogens is 434 g/mol. The maximum atomic E-state index is 13.2. The van der Waals surface area contributed by atoms with E-state index in [1.165, 1.54) is 5.56 Å². The Morgan fingerprint density at radius 3 is 2.50 bits per heavy atom. The number of amides is 2. The number of carbonyl (C=O) groups excluding carboxylic acids is 2. The summed E-state index contributed by atoms with van der Waals surface area (Å²) in [5.41, 5.74) is 3.32. The Morgan fingerprint density at radius 1 is 1.06 bits per heavy atom. The first-order valence-electron chi connectivity index (χ1n) is 11.1. The molecule has 0 aliphatic carbocycles. The fourth-order valence-electron chi connectivity index (χ4n) is 4.14. The molecule has 0 bridgehead atoms. The number of methoxy groups -OCH3 is 2. The number of rotatable bonds is 8. The summed E-state index contributed by atoms with van der Waals surface area (Å²) in [7, 11) is 4.95. The van der Waals surface area contributed by atoms with Crippen LogP contribution in [0.5, 0.6) is 11.5 Å². The van der Waals surface area contributed by atoms with Crippen molar-refractivity contribution in [1.82, 2.24) is 10.2 Å². The van der Waals surface area contributed by atoms with E-state index in [0.29, 0.717) is 35.1 Å². The van der Waals surface area contributed by atoms with E-state index >= 15 is 0 Å². The van der Waals surface area contributed by atoms with Crippen LogP contribution in [0.4, 0.5) is 5.69 Å². The van der Waals surface area contributed by atoms with E-state index in [9.17, 15) is 9.59 Å². The van der Waals surface area contributed by atoms with Gasteiger partial charge in [-0.1, -0.05) is 12.1 Å². The number of fused-ring (bicyclic) bond motifs is 1. The van der Waals surface area contributed by atoms with Crippen molar-refractivity contribution < 1.29 is 23.5 Å². The predicted molar refractivity (Wildman–Crippen MR) is 128 cm³/mol. The molecule has 4 rings (SSSR count). The standard InChI is InChI=1S/C26H29N3O5/c1-28(22-9-5-4-8-21(22)26(31)27-15-20-7-6-12-34-20)25(30)17-29-11-10-18-13-23(32-2)24(33-3)14-19(18)16-29/h4-9,12-14H,10-11,15-17H2,1-3H3,(H,27,31). The van der Waals surface area contributed by atoms with Gasteiger partial charge in [0.05, 0.1) is 44.8 Å². The molecule has 0 fully saturated rings. The number of hydrogen-bond acceptors (Lipinski definition) is 6. The van der Waals surface area contributed by atoms with Crippen LogP contribution >= 0.6 is 0 Å². The highest BCUT2D eigenvalue weighted by Gasteiger charge is 2.24. The van der Waals surface area contributed by atoms with Gasteiger partial charge in [0.25, 0.3) is 5.91 Å². The minimum atomic E-state index is -0.264. The highest BCUT2D eigenvalue weighted by molar-refractivity contribution is 6.05. The van der Waals surface area contributed by atoms with E-state index < -0.39 is 0 Å². The lowest BCUT2D eigenvalue weighted by molar-refractivity contribution is -0.119. The summed E-state index contributed by atoms with van der Waals surface area (Å²) < 4.78 is 16.1. The first-order chi connectivity index (χ1) is 16.5. The second-order valence-electron chi connectivity index (χ2n) is 8.17. The Labute approximate surface area is 199 Å². The Kier molecular flexibility index (Phi) is 7.18. The van der Waals surface area contributed by atoms with Crippen LogP contribution in [-0.2, 0) is 24.3 Å². The van der Waals surface area contributed by atoms with Gasteiger partial charge in [-0.2, -0.15) is 0 Å². The van der Waals surface area contributed by atoms with Gasteiger partial charge in [-0.25, -0.2) is 0 Å². The molecule has 0 saturated carbocycles. The second kappa shape index (κ2) is 10.4. The molecule has 8 heteroatoms. The zero-order chi connectivity index (χ0) is 24.1. The highest BCUT2D eigenvalue weighted by atomic mass is 16.5. The van der Waals surface area contributed by atoms with Crippen LogP contribution in [0, 0.1) is 0 Å². The number of para-hydroxylation sites is 1. The van der Waals surface area contributed by atoms with Crippen LogP contribution in [0.3, 0.4) is 0 Å². The topological polar surface area (TPSA) is 84.2 Å². The largest absolute Gasteiger partial charge is 0.493 e. The van der Waals surface area contributed by atoms with Crippen molar-refractivity contribution in [3.8, 4) is 11.5 Å². The monoisotopic (exact) mass is 463 g/mol. The highest BCUT2D eigenvalue weighted by Crippen LogP contribution is 2.33. The van der Waals surface area contributed by atoms with Crippen molar-refractivity contribution in [1.29, 1.82) is 0 Å². The van der Waals surface area contributed by atoms with Gasteiger partial charge in [0, 0.05) is 20.1 Å². The van der Waals surface area contributed by atoms with E-state index in [1.54, 1.807) is 62.8 Å². The number of carbonyl (C=O) groups is 2. The number of nitrogens with zero attached hydrogens (tertiary/aromatic N) is 2. The van der Waals surface area contributed by atoms with E-state index in [0.717, 1.165) is 18.5 Å². The zero-order valence-corrected chi connectivity index (χ0v) is 19.7. The van der Waals surface area contributed by atoms with Gasteiger partial charge in [-0.15, -0.1) is 0 Å². The molecular formula is C26H29N3O5. The predicted octanol–water partition coefficient (Wildman–Crippen LogP) is 3.25. The molecule has 1 N–H and O–H groups in total. The summed E-state index contributed by atoms with van der Waals surface area (Å²) >= 11 is 0. The van der Waals surface area contributed by atoms with E-state index in [4.69, 9.17) is 13.9 Å². The average molecular weight is 464 g/mol. The van der Waals surface area contributed by atoms with Crippen molar-refractivity contribution >= 4 is 17.5 Å². The Morgan fingerprint density at radius 2 is 1.79 bits per heavy atom. The van der Waals surface area contributed by atoms with Crippen LogP contribution in [-0.4, -0.2) is 51.1 Å². The van der Waals surface area contributed by atoms with Crippen molar-refractivity contribution in [3.63, 3.8) is 0 Å². The molecule has 0 spiro atoms. The summed E-state index contributed by atoms with van der Waals surface area (Å²) in [5.74, 6) is 1.71. The van der Waals surface area contributed by atoms with Gasteiger partial charge in [0.1, 0.15) is 5.76 Å². The van der Waals surface area contributed by atoms with Crippen LogP contribution in [0.2, 0.25) is 0 Å². The van der Waals surface area contributed by atoms with Crippen molar-refractivity contribution in [3.05, 3.63) is 77.2 Å². The van der Waals surface area contributed by atoms with Crippen molar-refractivity contribution in [2.24, 2.45) is 0 Å². The molecule has 8 nitrogen and oxygen atoms in total. The molecule has 178 valence electrons. The van der Waals surface area contributed by atoms with Gasteiger partial charge in [0.2, 0.25) is 5.91 Å². The molecule has 1 aromatic heterocycles. The SMILES string of the molecule is COc1cc2c(cc1OC)CN(CC(=O)N(C)c1ccccc1C(=O)NCc1ccco1)CC2. The quantitative estimate of drug-likeness (QED) is 0.552. The maximum Gasteiger partial charge on any atom is 0.253 e. The summed E-state index contributed by atoms with van der Waals surface area (Å²) in [6.07, 6.45) is 2.38. The second-order valence-corrected chi connectivity index (χ2v) is 8.17. The van der Waals surface area contributed by atoms with Crippen LogP contribution in [0.1, 0.15) is 27.2 Å². The van der Waals surface area contributed by atoms with Gasteiger partial charge < -0.3 is 24.1 Å². The first kappa shape index (κ1) is 23.4. The number of benzene rings is 2. The molecule has 0 saturated heterocycles. The minimum absolute atomic E-state index is 0.0878. The van der Waals surface area contributed by atoms with E-state index in [1.807, 2.05) is 18.2 Å². The molecule has 34 heavy (non-hydrogen) atoms. The van der Waals surface area contributed by atoms with Crippen LogP contribution < -0.4 is 19.7 Å². The molecule has 0 radical (unpaired) electrons. The van der Waals surface area contributed by atoms with Crippen molar-refractivity contribution in [2.45, 2.75) is 19.5 Å². The number of nitrogens with one attached hydrogen (secondary N) is 1. The third kappa shape index (κ3) is 5.07. The summed E-state index contributed by atoms with van der Waals surface area (Å²) in [6.45, 7) is 1.92. The Hall–Kier alpha value is -3.78. The van der Waals surface area contributed by atoms with Gasteiger partial charge in [-0.05, 0) is 53.9 Å². The summed E-state index contributed by atoms with van der Waals surface area (Å²) in [6, 6.07) is 14.7. The number of likely N-dealkylation sites (N-methyl/N-ethyl adjacent to an activating group) is 1. The molecule has 0 atom stereocenters. The summed E-state index contributed by atoms with van der Waals surface area (Å²) in [5, 5.41) is 2.84. The third-order valence-corrected chi connectivity index (χ3v) is 6.04. The normalized spacial score (nSPS) is 13.1. The lowest BCUT2D eigenvalue weighted by Crippen LogP contribution is -2.41. The number of ether oxygens (including phenoxy) is 2. The number of furan rings is 1. The molecule has 0 unspecified atom stereocenters. The molecule has 2 aromatic carbocycles. The number of anilines is 1. The third-order valence-electron chi connectivity index (χ3n) is 6.04. The fourth-order valence-corrected chi connectivity index (χ4v) is 4.14. The maximum absolute atomic E-state index is 13.2. The Bertz CT molecular complexity index is 1160. The van der Waals surface area contributed by atoms with Gasteiger partial charge >= 0.3 is 0 Å². The fraction of sp³-hybridized carbons (Fsp3) is 0.308. The van der Waals surface area contributed by atoms with E-state index in [2.05, 4.69) is 10.2 Å². The molecule has 3 aromatic rings. The Balaban J connectivity index is 1.43. The lowest BCUT2D eigenvalue weighted by atomic mass is 9.98. The van der Waals surface area contributed by atoms with Crippen molar-refractivity contribution in [2.75, 3.05) is 39.3 Å². The lowest BCUT2D eigenvalue weighted by Gasteiger charge is -2.30. The summed E-state index contributed by atoms with van der Waals surface area (Å²) in [4.78, 5) is 29.6.